The molecule has 9 heteroatoms. The zero-order chi connectivity index (χ0) is 26.4. The molecule has 0 saturated carbocycles. The smallest absolute Gasteiger partial charge is 0.332 e. The molecule has 0 radical (unpaired) electrons. The third kappa shape index (κ3) is 6.30. The monoisotopic (exact) mass is 507 g/mol. The molecule has 4 amide bonds. The van der Waals surface area contributed by atoms with E-state index in [1.165, 1.54) is 29.2 Å². The van der Waals surface area contributed by atoms with Crippen LogP contribution in [0.15, 0.2) is 72.8 Å². The van der Waals surface area contributed by atoms with Gasteiger partial charge in [-0.2, -0.15) is 0 Å². The van der Waals surface area contributed by atoms with E-state index >= 15 is 0 Å². The number of hydrogen-bond acceptors (Lipinski definition) is 4. The molecule has 1 atom stereocenters. The molecule has 0 aliphatic carbocycles. The minimum absolute atomic E-state index is 0.134. The Morgan fingerprint density at radius 3 is 2.16 bits per heavy atom. The SMILES string of the molecule is CCCOc1ccc(NC(=O)C[C@@H]2C(=O)N(c3ccc(F)cc3)C(=O)N2CCc2ccc(F)cc2)cc1. The quantitative estimate of drug-likeness (QED) is 0.385. The number of hydrogen-bond donors (Lipinski definition) is 1. The van der Waals surface area contributed by atoms with E-state index in [0.717, 1.165) is 29.0 Å². The first-order chi connectivity index (χ1) is 17.9. The van der Waals surface area contributed by atoms with Crippen molar-refractivity contribution in [2.45, 2.75) is 32.2 Å². The molecule has 1 saturated heterocycles. The normalized spacial score (nSPS) is 15.3. The minimum atomic E-state index is -1.05. The molecule has 0 aromatic heterocycles. The molecular weight excluding hydrogens is 480 g/mol. The van der Waals surface area contributed by atoms with Crippen molar-refractivity contribution in [3.63, 3.8) is 0 Å². The number of amides is 4. The Kier molecular flexibility index (Phi) is 8.12. The highest BCUT2D eigenvalue weighted by atomic mass is 19.1. The van der Waals surface area contributed by atoms with Crippen molar-refractivity contribution in [3.05, 3.63) is 90.0 Å². The Labute approximate surface area is 213 Å². The molecule has 192 valence electrons. The van der Waals surface area contributed by atoms with Crippen LogP contribution in [0.25, 0.3) is 0 Å². The summed E-state index contributed by atoms with van der Waals surface area (Å²) in [4.78, 5) is 41.8. The van der Waals surface area contributed by atoms with Crippen LogP contribution in [0.1, 0.15) is 25.3 Å². The largest absolute Gasteiger partial charge is 0.494 e. The molecule has 3 aromatic rings. The van der Waals surface area contributed by atoms with Crippen molar-refractivity contribution < 1.29 is 27.9 Å². The van der Waals surface area contributed by atoms with Gasteiger partial charge in [0.2, 0.25) is 5.91 Å². The summed E-state index contributed by atoms with van der Waals surface area (Å²) in [5, 5.41) is 2.76. The highest BCUT2D eigenvalue weighted by Gasteiger charge is 2.46. The standard InChI is InChI=1S/C28H27F2N3O4/c1-2-17-37-24-13-9-22(10-14-24)31-26(34)18-25-27(35)33(23-11-7-21(30)8-12-23)28(36)32(25)16-15-19-3-5-20(29)6-4-19/h3-14,25H,2,15-18H2,1H3,(H,31,34)/t25-/m1/s1. The van der Waals surface area contributed by atoms with Crippen molar-refractivity contribution >= 4 is 29.2 Å². The van der Waals surface area contributed by atoms with E-state index in [2.05, 4.69) is 5.32 Å². The van der Waals surface area contributed by atoms with Gasteiger partial charge in [0.05, 0.1) is 18.7 Å². The predicted octanol–water partition coefficient (Wildman–Crippen LogP) is 5.16. The number of carbonyl (C=O) groups excluding carboxylic acids is 3. The van der Waals surface area contributed by atoms with Gasteiger partial charge < -0.3 is 15.0 Å². The summed E-state index contributed by atoms with van der Waals surface area (Å²) in [5.74, 6) is -1.22. The molecule has 0 bridgehead atoms. The summed E-state index contributed by atoms with van der Waals surface area (Å²) in [6.07, 6.45) is 0.965. The maximum atomic E-state index is 13.4. The molecular formula is C28H27F2N3O4. The van der Waals surface area contributed by atoms with Gasteiger partial charge in [-0.25, -0.2) is 18.5 Å². The van der Waals surface area contributed by atoms with E-state index in [-0.39, 0.29) is 24.5 Å². The van der Waals surface area contributed by atoms with E-state index in [4.69, 9.17) is 4.74 Å². The van der Waals surface area contributed by atoms with Gasteiger partial charge in [-0.15, -0.1) is 0 Å². The first-order valence-electron chi connectivity index (χ1n) is 12.0. The van der Waals surface area contributed by atoms with Crippen LogP contribution in [0.4, 0.5) is 25.0 Å². The van der Waals surface area contributed by atoms with Crippen LogP contribution in [-0.2, 0) is 16.0 Å². The van der Waals surface area contributed by atoms with Gasteiger partial charge in [0, 0.05) is 12.2 Å². The van der Waals surface area contributed by atoms with Crippen LogP contribution < -0.4 is 15.0 Å². The molecule has 4 rings (SSSR count). The summed E-state index contributed by atoms with van der Waals surface area (Å²) in [6, 6.07) is 16.1. The van der Waals surface area contributed by atoms with Crippen molar-refractivity contribution in [2.24, 2.45) is 0 Å². The van der Waals surface area contributed by atoms with E-state index in [0.29, 0.717) is 24.5 Å². The van der Waals surface area contributed by atoms with Crippen LogP contribution in [0.5, 0.6) is 5.75 Å². The number of urea groups is 1. The lowest BCUT2D eigenvalue weighted by molar-refractivity contribution is -0.124. The van der Waals surface area contributed by atoms with Crippen LogP contribution in [0.3, 0.4) is 0 Å². The highest BCUT2D eigenvalue weighted by molar-refractivity contribution is 6.22. The molecule has 1 aliphatic heterocycles. The summed E-state index contributed by atoms with van der Waals surface area (Å²) in [6.45, 7) is 2.72. The van der Waals surface area contributed by atoms with Gasteiger partial charge in [-0.3, -0.25) is 9.59 Å². The Morgan fingerprint density at radius 1 is 0.919 bits per heavy atom. The molecule has 1 heterocycles. The number of nitrogens with one attached hydrogen (secondary N) is 1. The molecule has 1 N–H and O–H groups in total. The lowest BCUT2D eigenvalue weighted by Gasteiger charge is -2.21. The van der Waals surface area contributed by atoms with Gasteiger partial charge in [0.1, 0.15) is 23.4 Å². The highest BCUT2D eigenvalue weighted by Crippen LogP contribution is 2.28. The van der Waals surface area contributed by atoms with Crippen LogP contribution in [0, 0.1) is 11.6 Å². The van der Waals surface area contributed by atoms with Gasteiger partial charge >= 0.3 is 6.03 Å². The third-order valence-corrected chi connectivity index (χ3v) is 5.95. The number of rotatable bonds is 10. The summed E-state index contributed by atoms with van der Waals surface area (Å²) < 4.78 is 32.3. The fourth-order valence-electron chi connectivity index (χ4n) is 4.06. The number of imide groups is 1. The number of ether oxygens (including phenoxy) is 1. The topological polar surface area (TPSA) is 79.0 Å². The second kappa shape index (κ2) is 11.6. The minimum Gasteiger partial charge on any atom is -0.494 e. The second-order valence-corrected chi connectivity index (χ2v) is 8.64. The van der Waals surface area contributed by atoms with Crippen LogP contribution >= 0.6 is 0 Å². The lowest BCUT2D eigenvalue weighted by atomic mass is 10.1. The van der Waals surface area contributed by atoms with Gasteiger partial charge in [0.25, 0.3) is 5.91 Å². The first kappa shape index (κ1) is 25.8. The van der Waals surface area contributed by atoms with Gasteiger partial charge in [-0.05, 0) is 79.1 Å². The third-order valence-electron chi connectivity index (χ3n) is 5.95. The Bertz CT molecular complexity index is 1250. The van der Waals surface area contributed by atoms with E-state index < -0.39 is 29.7 Å². The molecule has 0 spiro atoms. The van der Waals surface area contributed by atoms with E-state index in [9.17, 15) is 23.2 Å². The average molecular weight is 508 g/mol. The van der Waals surface area contributed by atoms with E-state index in [1.807, 2.05) is 6.92 Å². The number of benzene rings is 3. The Morgan fingerprint density at radius 2 is 1.54 bits per heavy atom. The zero-order valence-corrected chi connectivity index (χ0v) is 20.3. The fourth-order valence-corrected chi connectivity index (χ4v) is 4.06. The number of halogens is 2. The number of nitrogens with zero attached hydrogens (tertiary/aromatic N) is 2. The summed E-state index contributed by atoms with van der Waals surface area (Å²) in [7, 11) is 0. The zero-order valence-electron chi connectivity index (χ0n) is 20.3. The Hall–Kier alpha value is -4.27. The summed E-state index contributed by atoms with van der Waals surface area (Å²) >= 11 is 0. The predicted molar refractivity (Wildman–Crippen MR) is 135 cm³/mol. The van der Waals surface area contributed by atoms with Crippen molar-refractivity contribution in [1.29, 1.82) is 0 Å². The molecule has 0 unspecified atom stereocenters. The van der Waals surface area contributed by atoms with Gasteiger partial charge in [0.15, 0.2) is 0 Å². The molecule has 3 aromatic carbocycles. The molecule has 37 heavy (non-hydrogen) atoms. The maximum absolute atomic E-state index is 13.4. The molecule has 1 fully saturated rings. The average Bonchev–Trinajstić information content (AvgIpc) is 3.12. The number of carbonyl (C=O) groups is 3. The summed E-state index contributed by atoms with van der Waals surface area (Å²) in [5.41, 5.74) is 1.52. The van der Waals surface area contributed by atoms with E-state index in [1.54, 1.807) is 36.4 Å². The second-order valence-electron chi connectivity index (χ2n) is 8.64. The first-order valence-corrected chi connectivity index (χ1v) is 12.0. The van der Waals surface area contributed by atoms with Crippen molar-refractivity contribution in [2.75, 3.05) is 23.4 Å². The lowest BCUT2D eigenvalue weighted by Crippen LogP contribution is -2.39. The van der Waals surface area contributed by atoms with Crippen LogP contribution in [-0.4, -0.2) is 41.9 Å². The van der Waals surface area contributed by atoms with Crippen molar-refractivity contribution in [1.82, 2.24) is 4.90 Å². The van der Waals surface area contributed by atoms with Gasteiger partial charge in [-0.1, -0.05) is 19.1 Å². The maximum Gasteiger partial charge on any atom is 0.332 e. The molecule has 1 aliphatic rings. The van der Waals surface area contributed by atoms with Crippen LogP contribution in [0.2, 0.25) is 0 Å². The number of anilines is 2. The fraction of sp³-hybridized carbons (Fsp3) is 0.250. The Balaban J connectivity index is 1.50. The van der Waals surface area contributed by atoms with Crippen molar-refractivity contribution in [3.8, 4) is 5.75 Å². The molecule has 7 nitrogen and oxygen atoms in total.